The van der Waals surface area contributed by atoms with Crippen molar-refractivity contribution in [1.29, 1.82) is 5.26 Å². The molecule has 108 valence electrons. The Bertz CT molecular complexity index is 697. The first-order valence-corrected chi connectivity index (χ1v) is 8.19. The first-order valence-electron chi connectivity index (χ1n) is 7.21. The summed E-state index contributed by atoms with van der Waals surface area (Å²) in [6, 6.07) is 13.3. The van der Waals surface area contributed by atoms with Gasteiger partial charge in [-0.05, 0) is 42.4 Å². The third kappa shape index (κ3) is 2.72. The fourth-order valence-corrected chi connectivity index (χ4v) is 3.96. The zero-order chi connectivity index (χ0) is 14.8. The molecule has 0 bridgehead atoms. The highest BCUT2D eigenvalue weighted by Gasteiger charge is 2.20. The van der Waals surface area contributed by atoms with Crippen LogP contribution in [0.3, 0.4) is 0 Å². The van der Waals surface area contributed by atoms with Crippen LogP contribution in [-0.2, 0) is 13.6 Å². The molecule has 0 aliphatic carbocycles. The van der Waals surface area contributed by atoms with E-state index < -0.39 is 0 Å². The van der Waals surface area contributed by atoms with Crippen molar-refractivity contribution in [3.8, 4) is 6.07 Å². The van der Waals surface area contributed by atoms with Gasteiger partial charge in [0.15, 0.2) is 0 Å². The second-order valence-corrected chi connectivity index (χ2v) is 6.56. The minimum Gasteiger partial charge on any atom is -0.340 e. The van der Waals surface area contributed by atoms with Gasteiger partial charge in [-0.15, -0.1) is 11.8 Å². The van der Waals surface area contributed by atoms with Gasteiger partial charge >= 0.3 is 0 Å². The quantitative estimate of drug-likeness (QED) is 0.942. The molecule has 0 fully saturated rings. The number of aromatic nitrogens is 1. The summed E-state index contributed by atoms with van der Waals surface area (Å²) < 4.78 is 1.96. The molecule has 0 amide bonds. The van der Waals surface area contributed by atoms with Gasteiger partial charge in [0.1, 0.15) is 11.8 Å². The van der Waals surface area contributed by atoms with E-state index in [1.54, 1.807) is 0 Å². The Morgan fingerprint density at radius 3 is 3.00 bits per heavy atom. The standard InChI is InChI=1S/C17H19N3S/c1-12-13(9-14(10-18)20(12)2)11-19-16-7-8-21-17-6-4-3-5-15(16)17/h3-6,9,16,19H,7-8,11H2,1-2H3/t16-/m0/s1. The van der Waals surface area contributed by atoms with Crippen molar-refractivity contribution in [3.63, 3.8) is 0 Å². The number of fused-ring (bicyclic) bond motifs is 1. The molecule has 2 heterocycles. The van der Waals surface area contributed by atoms with Gasteiger partial charge in [-0.25, -0.2) is 0 Å². The lowest BCUT2D eigenvalue weighted by Gasteiger charge is -2.26. The van der Waals surface area contributed by atoms with Gasteiger partial charge in [0.2, 0.25) is 0 Å². The summed E-state index contributed by atoms with van der Waals surface area (Å²) in [6.07, 6.45) is 1.15. The molecule has 1 aromatic carbocycles. The topological polar surface area (TPSA) is 40.8 Å². The smallest absolute Gasteiger partial charge is 0.120 e. The van der Waals surface area contributed by atoms with Crippen LogP contribution in [0.4, 0.5) is 0 Å². The lowest BCUT2D eigenvalue weighted by molar-refractivity contribution is 0.509. The van der Waals surface area contributed by atoms with Crippen LogP contribution in [0.2, 0.25) is 0 Å². The van der Waals surface area contributed by atoms with Crippen LogP contribution < -0.4 is 5.32 Å². The molecule has 1 N–H and O–H groups in total. The molecular weight excluding hydrogens is 278 g/mol. The van der Waals surface area contributed by atoms with Crippen LogP contribution in [0.15, 0.2) is 35.2 Å². The molecule has 0 saturated carbocycles. The van der Waals surface area contributed by atoms with Gasteiger partial charge < -0.3 is 9.88 Å². The van der Waals surface area contributed by atoms with Gasteiger partial charge in [-0.3, -0.25) is 0 Å². The largest absolute Gasteiger partial charge is 0.340 e. The van der Waals surface area contributed by atoms with Crippen LogP contribution in [0.5, 0.6) is 0 Å². The molecule has 0 unspecified atom stereocenters. The minimum atomic E-state index is 0.410. The monoisotopic (exact) mass is 297 g/mol. The van der Waals surface area contributed by atoms with Crippen molar-refractivity contribution in [2.75, 3.05) is 5.75 Å². The number of nitriles is 1. The van der Waals surface area contributed by atoms with Crippen LogP contribution in [0.25, 0.3) is 0 Å². The Morgan fingerprint density at radius 1 is 1.43 bits per heavy atom. The average Bonchev–Trinajstić information content (AvgIpc) is 2.80. The van der Waals surface area contributed by atoms with E-state index in [0.717, 1.165) is 30.1 Å². The number of hydrogen-bond donors (Lipinski definition) is 1. The third-order valence-electron chi connectivity index (χ3n) is 4.25. The number of benzene rings is 1. The maximum atomic E-state index is 9.11. The molecular formula is C17H19N3S. The van der Waals surface area contributed by atoms with Crippen molar-refractivity contribution in [2.24, 2.45) is 7.05 Å². The van der Waals surface area contributed by atoms with Gasteiger partial charge in [-0.2, -0.15) is 5.26 Å². The van der Waals surface area contributed by atoms with Gasteiger partial charge in [0.05, 0.1) is 0 Å². The first-order chi connectivity index (χ1) is 10.2. The molecule has 3 nitrogen and oxygen atoms in total. The molecule has 0 spiro atoms. The highest BCUT2D eigenvalue weighted by molar-refractivity contribution is 7.99. The van der Waals surface area contributed by atoms with E-state index in [1.165, 1.54) is 16.0 Å². The highest BCUT2D eigenvalue weighted by Crippen LogP contribution is 2.36. The molecule has 1 atom stereocenters. The van der Waals surface area contributed by atoms with Crippen LogP contribution >= 0.6 is 11.8 Å². The lowest BCUT2D eigenvalue weighted by atomic mass is 10.0. The Labute approximate surface area is 130 Å². The zero-order valence-corrected chi connectivity index (χ0v) is 13.2. The van der Waals surface area contributed by atoms with E-state index >= 15 is 0 Å². The Hall–Kier alpha value is -1.70. The number of nitrogens with one attached hydrogen (secondary N) is 1. The van der Waals surface area contributed by atoms with Crippen molar-refractivity contribution in [3.05, 3.63) is 52.8 Å². The van der Waals surface area contributed by atoms with Crippen molar-refractivity contribution < 1.29 is 0 Å². The fourth-order valence-electron chi connectivity index (χ4n) is 2.84. The van der Waals surface area contributed by atoms with E-state index in [4.69, 9.17) is 5.26 Å². The summed E-state index contributed by atoms with van der Waals surface area (Å²) in [4.78, 5) is 1.39. The molecule has 1 aromatic heterocycles. The second-order valence-electron chi connectivity index (χ2n) is 5.42. The number of hydrogen-bond acceptors (Lipinski definition) is 3. The number of rotatable bonds is 3. The predicted molar refractivity (Wildman–Crippen MR) is 86.2 cm³/mol. The summed E-state index contributed by atoms with van der Waals surface area (Å²) in [5.41, 5.74) is 4.51. The molecule has 2 aromatic rings. The molecule has 1 aliphatic heterocycles. The third-order valence-corrected chi connectivity index (χ3v) is 5.37. The van der Waals surface area contributed by atoms with E-state index in [2.05, 4.69) is 42.6 Å². The predicted octanol–water partition coefficient (Wildman–Crippen LogP) is 3.53. The normalized spacial score (nSPS) is 17.3. The maximum Gasteiger partial charge on any atom is 0.120 e. The minimum absolute atomic E-state index is 0.410. The van der Waals surface area contributed by atoms with Gasteiger partial charge in [0, 0.05) is 30.2 Å². The van der Waals surface area contributed by atoms with Crippen LogP contribution in [-0.4, -0.2) is 10.3 Å². The SMILES string of the molecule is Cc1c(CN[C@H]2CCSc3ccccc32)cc(C#N)n1C. The van der Waals surface area contributed by atoms with Crippen molar-refractivity contribution in [1.82, 2.24) is 9.88 Å². The van der Waals surface area contributed by atoms with E-state index in [0.29, 0.717) is 6.04 Å². The molecule has 4 heteroatoms. The average molecular weight is 297 g/mol. The summed E-state index contributed by atoms with van der Waals surface area (Å²) in [5, 5.41) is 12.8. The second kappa shape index (κ2) is 5.97. The molecule has 1 aliphatic rings. The maximum absolute atomic E-state index is 9.11. The molecule has 0 radical (unpaired) electrons. The van der Waals surface area contributed by atoms with E-state index in [-0.39, 0.29) is 0 Å². The molecule has 3 rings (SSSR count). The first kappa shape index (κ1) is 14.2. The highest BCUT2D eigenvalue weighted by atomic mass is 32.2. The zero-order valence-electron chi connectivity index (χ0n) is 12.4. The van der Waals surface area contributed by atoms with Gasteiger partial charge in [0.25, 0.3) is 0 Å². The fraction of sp³-hybridized carbons (Fsp3) is 0.353. The van der Waals surface area contributed by atoms with E-state index in [1.807, 2.05) is 29.4 Å². The summed E-state index contributed by atoms with van der Waals surface area (Å²) in [7, 11) is 1.95. The van der Waals surface area contributed by atoms with Crippen molar-refractivity contribution >= 4 is 11.8 Å². The Morgan fingerprint density at radius 2 is 2.24 bits per heavy atom. The summed E-state index contributed by atoms with van der Waals surface area (Å²) in [5.74, 6) is 1.16. The van der Waals surface area contributed by atoms with Gasteiger partial charge in [-0.1, -0.05) is 18.2 Å². The van der Waals surface area contributed by atoms with E-state index in [9.17, 15) is 0 Å². The number of nitrogens with zero attached hydrogens (tertiary/aromatic N) is 2. The van der Waals surface area contributed by atoms with Crippen molar-refractivity contribution in [2.45, 2.75) is 30.8 Å². The Balaban J connectivity index is 1.76. The molecule has 21 heavy (non-hydrogen) atoms. The summed E-state index contributed by atoms with van der Waals surface area (Å²) >= 11 is 1.94. The summed E-state index contributed by atoms with van der Waals surface area (Å²) in [6.45, 7) is 2.88. The Kier molecular flexibility index (Phi) is 4.05. The van der Waals surface area contributed by atoms with Crippen LogP contribution in [0, 0.1) is 18.3 Å². The lowest BCUT2D eigenvalue weighted by Crippen LogP contribution is -2.24. The molecule has 0 saturated heterocycles. The number of thioether (sulfide) groups is 1. The van der Waals surface area contributed by atoms with Crippen LogP contribution in [0.1, 0.15) is 35.0 Å².